The van der Waals surface area contributed by atoms with Crippen LogP contribution in [-0.4, -0.2) is 12.6 Å². The first-order valence-corrected chi connectivity index (χ1v) is 5.52. The Labute approximate surface area is 90.7 Å². The van der Waals surface area contributed by atoms with Crippen LogP contribution in [0.5, 0.6) is 0 Å². The van der Waals surface area contributed by atoms with E-state index < -0.39 is 0 Å². The van der Waals surface area contributed by atoms with Crippen molar-refractivity contribution in [1.82, 2.24) is 5.32 Å². The van der Waals surface area contributed by atoms with Gasteiger partial charge in [-0.3, -0.25) is 0 Å². The molecule has 0 heterocycles. The highest BCUT2D eigenvalue weighted by Crippen LogP contribution is 2.40. The van der Waals surface area contributed by atoms with Gasteiger partial charge in [0, 0.05) is 11.5 Å². The van der Waals surface area contributed by atoms with Crippen molar-refractivity contribution in [2.45, 2.75) is 38.1 Å². The maximum absolute atomic E-state index is 13.5. The number of hydrogen-bond acceptors (Lipinski definition) is 1. The standard InChI is InChI=1S/C13H18FN/c1-13(2,15-3)11-8-7-10-9(11)5-4-6-12(10)14/h4-6,11,15H,7-8H2,1-3H3. The fourth-order valence-corrected chi connectivity index (χ4v) is 2.53. The van der Waals surface area contributed by atoms with Crippen molar-refractivity contribution in [3.63, 3.8) is 0 Å². The molecule has 0 bridgehead atoms. The molecule has 15 heavy (non-hydrogen) atoms. The maximum atomic E-state index is 13.5. The summed E-state index contributed by atoms with van der Waals surface area (Å²) >= 11 is 0. The Kier molecular flexibility index (Phi) is 2.55. The van der Waals surface area contributed by atoms with E-state index in [-0.39, 0.29) is 11.4 Å². The van der Waals surface area contributed by atoms with Gasteiger partial charge in [-0.15, -0.1) is 0 Å². The van der Waals surface area contributed by atoms with Gasteiger partial charge in [0.2, 0.25) is 0 Å². The van der Waals surface area contributed by atoms with Gasteiger partial charge in [0.1, 0.15) is 5.82 Å². The summed E-state index contributed by atoms with van der Waals surface area (Å²) in [6.45, 7) is 4.36. The summed E-state index contributed by atoms with van der Waals surface area (Å²) in [6.07, 6.45) is 1.92. The molecule has 1 aliphatic rings. The number of hydrogen-bond donors (Lipinski definition) is 1. The van der Waals surface area contributed by atoms with Gasteiger partial charge in [0.25, 0.3) is 0 Å². The molecule has 1 aliphatic carbocycles. The van der Waals surface area contributed by atoms with E-state index in [1.165, 1.54) is 5.56 Å². The first-order chi connectivity index (χ1) is 7.06. The summed E-state index contributed by atoms with van der Waals surface area (Å²) in [5.41, 5.74) is 2.15. The molecule has 2 rings (SSSR count). The van der Waals surface area contributed by atoms with Crippen molar-refractivity contribution in [2.75, 3.05) is 7.05 Å². The van der Waals surface area contributed by atoms with Crippen molar-refractivity contribution >= 4 is 0 Å². The normalized spacial score (nSPS) is 20.4. The lowest BCUT2D eigenvalue weighted by molar-refractivity contribution is 0.341. The zero-order valence-corrected chi connectivity index (χ0v) is 9.60. The predicted octanol–water partition coefficient (Wildman–Crippen LogP) is 2.85. The molecule has 0 spiro atoms. The summed E-state index contributed by atoms with van der Waals surface area (Å²) in [6, 6.07) is 5.45. The molecule has 1 aromatic rings. The van der Waals surface area contributed by atoms with Gasteiger partial charge in [-0.1, -0.05) is 12.1 Å². The van der Waals surface area contributed by atoms with E-state index >= 15 is 0 Å². The second kappa shape index (κ2) is 3.60. The molecular formula is C13H18FN. The van der Waals surface area contributed by atoms with Gasteiger partial charge in [-0.2, -0.15) is 0 Å². The lowest BCUT2D eigenvalue weighted by Gasteiger charge is -2.32. The topological polar surface area (TPSA) is 12.0 Å². The molecule has 1 N–H and O–H groups in total. The third-order valence-electron chi connectivity index (χ3n) is 3.73. The largest absolute Gasteiger partial charge is 0.314 e. The maximum Gasteiger partial charge on any atom is 0.126 e. The lowest BCUT2D eigenvalue weighted by atomic mass is 9.83. The average Bonchev–Trinajstić information content (AvgIpc) is 2.63. The molecule has 0 amide bonds. The van der Waals surface area contributed by atoms with Crippen LogP contribution >= 0.6 is 0 Å². The zero-order chi connectivity index (χ0) is 11.1. The Morgan fingerprint density at radius 1 is 1.40 bits per heavy atom. The molecule has 2 heteroatoms. The second-order valence-corrected chi connectivity index (χ2v) is 4.87. The molecule has 1 unspecified atom stereocenters. The minimum atomic E-state index is -0.0399. The average molecular weight is 207 g/mol. The van der Waals surface area contributed by atoms with E-state index in [9.17, 15) is 4.39 Å². The third kappa shape index (κ3) is 1.67. The van der Waals surface area contributed by atoms with Gasteiger partial charge in [-0.05, 0) is 50.9 Å². The minimum absolute atomic E-state index is 0.0399. The van der Waals surface area contributed by atoms with Crippen molar-refractivity contribution in [1.29, 1.82) is 0 Å². The smallest absolute Gasteiger partial charge is 0.126 e. The van der Waals surface area contributed by atoms with Gasteiger partial charge < -0.3 is 5.32 Å². The summed E-state index contributed by atoms with van der Waals surface area (Å²) in [5.74, 6) is 0.384. The predicted molar refractivity (Wildman–Crippen MR) is 60.6 cm³/mol. The highest BCUT2D eigenvalue weighted by atomic mass is 19.1. The fourth-order valence-electron chi connectivity index (χ4n) is 2.53. The van der Waals surface area contributed by atoms with Gasteiger partial charge >= 0.3 is 0 Å². The number of likely N-dealkylation sites (N-methyl/N-ethyl adjacent to an activating group) is 1. The third-order valence-corrected chi connectivity index (χ3v) is 3.73. The molecular weight excluding hydrogens is 189 g/mol. The summed E-state index contributed by atoms with van der Waals surface area (Å²) < 4.78 is 13.5. The summed E-state index contributed by atoms with van der Waals surface area (Å²) in [4.78, 5) is 0. The van der Waals surface area contributed by atoms with E-state index in [4.69, 9.17) is 0 Å². The Morgan fingerprint density at radius 2 is 2.13 bits per heavy atom. The van der Waals surface area contributed by atoms with Crippen LogP contribution in [-0.2, 0) is 6.42 Å². The fraction of sp³-hybridized carbons (Fsp3) is 0.538. The Balaban J connectivity index is 2.41. The highest BCUT2D eigenvalue weighted by Gasteiger charge is 2.35. The highest BCUT2D eigenvalue weighted by molar-refractivity contribution is 5.38. The Morgan fingerprint density at radius 3 is 2.80 bits per heavy atom. The SMILES string of the molecule is CNC(C)(C)C1CCc2c(F)cccc21. The quantitative estimate of drug-likeness (QED) is 0.786. The molecule has 0 aromatic heterocycles. The lowest BCUT2D eigenvalue weighted by Crippen LogP contribution is -2.41. The molecule has 0 radical (unpaired) electrons. The number of fused-ring (bicyclic) bond motifs is 1. The first-order valence-electron chi connectivity index (χ1n) is 5.52. The monoisotopic (exact) mass is 207 g/mol. The van der Waals surface area contributed by atoms with Crippen LogP contribution in [0.2, 0.25) is 0 Å². The van der Waals surface area contributed by atoms with Crippen molar-refractivity contribution in [3.05, 3.63) is 35.1 Å². The number of rotatable bonds is 2. The molecule has 0 aliphatic heterocycles. The van der Waals surface area contributed by atoms with Crippen molar-refractivity contribution in [3.8, 4) is 0 Å². The van der Waals surface area contributed by atoms with Gasteiger partial charge in [0.15, 0.2) is 0 Å². The van der Waals surface area contributed by atoms with E-state index in [1.807, 2.05) is 13.1 Å². The second-order valence-electron chi connectivity index (χ2n) is 4.87. The van der Waals surface area contributed by atoms with Crippen LogP contribution in [0.4, 0.5) is 4.39 Å². The molecule has 0 saturated carbocycles. The van der Waals surface area contributed by atoms with Crippen molar-refractivity contribution < 1.29 is 4.39 Å². The van der Waals surface area contributed by atoms with Crippen LogP contribution in [0.3, 0.4) is 0 Å². The molecule has 1 aromatic carbocycles. The summed E-state index contributed by atoms with van der Waals surface area (Å²) in [7, 11) is 1.97. The molecule has 0 saturated heterocycles. The Hall–Kier alpha value is -0.890. The van der Waals surface area contributed by atoms with Gasteiger partial charge in [0.05, 0.1) is 0 Å². The van der Waals surface area contributed by atoms with Crippen LogP contribution in [0, 0.1) is 5.82 Å². The number of benzene rings is 1. The van der Waals surface area contributed by atoms with E-state index in [0.29, 0.717) is 5.92 Å². The number of halogens is 1. The van der Waals surface area contributed by atoms with E-state index in [0.717, 1.165) is 18.4 Å². The summed E-state index contributed by atoms with van der Waals surface area (Å²) in [5, 5.41) is 3.32. The van der Waals surface area contributed by atoms with E-state index in [2.05, 4.69) is 25.2 Å². The Bertz CT molecular complexity index is 371. The molecule has 1 atom stereocenters. The van der Waals surface area contributed by atoms with Crippen LogP contribution in [0.1, 0.15) is 37.3 Å². The van der Waals surface area contributed by atoms with Crippen LogP contribution in [0.25, 0.3) is 0 Å². The zero-order valence-electron chi connectivity index (χ0n) is 9.60. The molecule has 1 nitrogen and oxygen atoms in total. The van der Waals surface area contributed by atoms with E-state index in [1.54, 1.807) is 6.07 Å². The van der Waals surface area contributed by atoms with Crippen LogP contribution in [0.15, 0.2) is 18.2 Å². The van der Waals surface area contributed by atoms with Gasteiger partial charge in [-0.25, -0.2) is 4.39 Å². The first kappa shape index (κ1) is 10.6. The van der Waals surface area contributed by atoms with Crippen molar-refractivity contribution in [2.24, 2.45) is 0 Å². The number of nitrogens with one attached hydrogen (secondary N) is 1. The molecule has 82 valence electrons. The molecule has 0 fully saturated rings. The van der Waals surface area contributed by atoms with Crippen LogP contribution < -0.4 is 5.32 Å². The minimum Gasteiger partial charge on any atom is -0.314 e.